The van der Waals surface area contributed by atoms with Crippen LogP contribution in [0.15, 0.2) is 36.5 Å². The van der Waals surface area contributed by atoms with Crippen molar-refractivity contribution >= 4 is 17.5 Å². The highest BCUT2D eigenvalue weighted by molar-refractivity contribution is 6.31. The molecule has 0 saturated heterocycles. The van der Waals surface area contributed by atoms with E-state index < -0.39 is 23.0 Å². The van der Waals surface area contributed by atoms with Gasteiger partial charge in [-0.3, -0.25) is 9.78 Å². The lowest BCUT2D eigenvalue weighted by molar-refractivity contribution is -0.137. The van der Waals surface area contributed by atoms with Crippen molar-refractivity contribution in [1.29, 1.82) is 0 Å². The maximum Gasteiger partial charge on any atom is 0.262 e. The van der Waals surface area contributed by atoms with Crippen LogP contribution in [0, 0.1) is 5.82 Å². The summed E-state index contributed by atoms with van der Waals surface area (Å²) in [5.74, 6) is -1.38. The van der Waals surface area contributed by atoms with E-state index in [4.69, 9.17) is 16.7 Å². The van der Waals surface area contributed by atoms with Gasteiger partial charge in [-0.25, -0.2) is 8.78 Å². The first kappa shape index (κ1) is 22.6. The van der Waals surface area contributed by atoms with E-state index in [9.17, 15) is 14.3 Å². The lowest BCUT2D eigenvalue weighted by atomic mass is 9.74. The molecule has 0 spiro atoms. The number of halogens is 3. The zero-order valence-corrected chi connectivity index (χ0v) is 17.3. The number of nitrogens with zero attached hydrogens (tertiary/aromatic N) is 2. The van der Waals surface area contributed by atoms with Gasteiger partial charge in [0.25, 0.3) is 5.91 Å². The molecule has 1 amide bonds. The van der Waals surface area contributed by atoms with Gasteiger partial charge in [0.2, 0.25) is 5.67 Å². The van der Waals surface area contributed by atoms with Gasteiger partial charge in [-0.1, -0.05) is 23.7 Å². The number of hydrogen-bond acceptors (Lipinski definition) is 5. The van der Waals surface area contributed by atoms with E-state index in [1.54, 1.807) is 11.9 Å². The van der Waals surface area contributed by atoms with Crippen LogP contribution in [0.3, 0.4) is 0 Å². The average Bonchev–Trinajstić information content (AvgIpc) is 2.70. The van der Waals surface area contributed by atoms with Crippen LogP contribution in [-0.2, 0) is 22.6 Å². The number of likely N-dealkylation sites (N-methyl/N-ethyl adjacent to an activating group) is 1. The number of carbonyl (C=O) groups excluding carboxylic acids is 1. The molecule has 30 heavy (non-hydrogen) atoms. The standard InChI is InChI=1S/C21H24ClF2N3O3/c1-27(9-10-28)13-20(30)6-7-21(24,16-3-2-8-25-18(16)20)19(29)26-12-14-4-5-15(23)11-17(14)22/h2-5,8,11,28,30H,6-7,9-10,12-13H2,1H3,(H,26,29)/t20-,21+/m1/s1. The van der Waals surface area contributed by atoms with E-state index in [1.807, 2.05) is 0 Å². The number of nitrogens with one attached hydrogen (secondary N) is 1. The molecule has 1 heterocycles. The van der Waals surface area contributed by atoms with Gasteiger partial charge in [0.05, 0.1) is 12.3 Å². The van der Waals surface area contributed by atoms with Gasteiger partial charge >= 0.3 is 0 Å². The molecule has 2 aromatic rings. The van der Waals surface area contributed by atoms with Gasteiger partial charge in [-0.2, -0.15) is 0 Å². The number of hydrogen-bond donors (Lipinski definition) is 3. The third-order valence-corrected chi connectivity index (χ3v) is 5.74. The molecule has 0 fully saturated rings. The molecule has 0 radical (unpaired) electrons. The number of fused-ring (bicyclic) bond motifs is 1. The summed E-state index contributed by atoms with van der Waals surface area (Å²) in [6.07, 6.45) is 1.18. The highest BCUT2D eigenvalue weighted by Crippen LogP contribution is 2.45. The van der Waals surface area contributed by atoms with Gasteiger partial charge in [0, 0.05) is 36.4 Å². The average molecular weight is 440 g/mol. The molecule has 162 valence electrons. The second-order valence-corrected chi connectivity index (χ2v) is 8.02. The summed E-state index contributed by atoms with van der Waals surface area (Å²) in [7, 11) is 1.73. The quantitative estimate of drug-likeness (QED) is 0.616. The number of aliphatic hydroxyl groups excluding tert-OH is 1. The number of alkyl halides is 1. The Kier molecular flexibility index (Phi) is 6.71. The lowest BCUT2D eigenvalue weighted by Gasteiger charge is -2.41. The summed E-state index contributed by atoms with van der Waals surface area (Å²) in [5.41, 5.74) is -3.24. The van der Waals surface area contributed by atoms with Crippen molar-refractivity contribution in [2.75, 3.05) is 26.7 Å². The van der Waals surface area contributed by atoms with Crippen molar-refractivity contribution in [2.45, 2.75) is 30.7 Å². The minimum Gasteiger partial charge on any atom is -0.395 e. The first-order chi connectivity index (χ1) is 14.2. The fourth-order valence-corrected chi connectivity index (χ4v) is 4.03. The summed E-state index contributed by atoms with van der Waals surface area (Å²) >= 11 is 5.98. The predicted molar refractivity (Wildman–Crippen MR) is 108 cm³/mol. The molecule has 6 nitrogen and oxygen atoms in total. The van der Waals surface area contributed by atoms with Crippen molar-refractivity contribution in [1.82, 2.24) is 15.2 Å². The molecule has 9 heteroatoms. The van der Waals surface area contributed by atoms with Crippen LogP contribution in [-0.4, -0.2) is 52.7 Å². The first-order valence-electron chi connectivity index (χ1n) is 9.58. The number of carbonyl (C=O) groups is 1. The topological polar surface area (TPSA) is 85.7 Å². The number of benzene rings is 1. The first-order valence-corrected chi connectivity index (χ1v) is 9.96. The number of aromatic nitrogens is 1. The minimum atomic E-state index is -2.38. The highest BCUT2D eigenvalue weighted by Gasteiger charge is 2.52. The van der Waals surface area contributed by atoms with Crippen molar-refractivity contribution < 1.29 is 23.8 Å². The van der Waals surface area contributed by atoms with E-state index in [0.29, 0.717) is 12.1 Å². The van der Waals surface area contributed by atoms with E-state index in [1.165, 1.54) is 30.5 Å². The van der Waals surface area contributed by atoms with Crippen molar-refractivity contribution in [3.05, 3.63) is 64.2 Å². The molecule has 0 unspecified atom stereocenters. The van der Waals surface area contributed by atoms with Gasteiger partial charge in [0.1, 0.15) is 11.4 Å². The maximum atomic E-state index is 15.9. The van der Waals surface area contributed by atoms with Crippen LogP contribution in [0.2, 0.25) is 5.02 Å². The minimum absolute atomic E-state index is 0.0128. The summed E-state index contributed by atoms with van der Waals surface area (Å²) in [4.78, 5) is 18.7. The Morgan fingerprint density at radius 2 is 2.13 bits per heavy atom. The molecule has 0 bridgehead atoms. The normalized spacial score (nSPS) is 23.3. The molecule has 1 aliphatic carbocycles. The van der Waals surface area contributed by atoms with Gasteiger partial charge in [-0.05, 0) is 43.7 Å². The summed E-state index contributed by atoms with van der Waals surface area (Å²) < 4.78 is 29.1. The number of amides is 1. The molecule has 1 aromatic carbocycles. The number of rotatable bonds is 7. The molecule has 0 saturated carbocycles. The fraction of sp³-hybridized carbons (Fsp3) is 0.429. The van der Waals surface area contributed by atoms with Crippen LogP contribution in [0.5, 0.6) is 0 Å². The molecular formula is C21H24ClF2N3O3. The predicted octanol–water partition coefficient (Wildman–Crippen LogP) is 2.26. The van der Waals surface area contributed by atoms with Crippen LogP contribution in [0.4, 0.5) is 8.78 Å². The zero-order chi connectivity index (χ0) is 21.9. The van der Waals surface area contributed by atoms with Crippen molar-refractivity contribution in [2.24, 2.45) is 0 Å². The van der Waals surface area contributed by atoms with E-state index in [2.05, 4.69) is 10.3 Å². The lowest BCUT2D eigenvalue weighted by Crippen LogP contribution is -2.51. The molecule has 1 aliphatic rings. The van der Waals surface area contributed by atoms with E-state index in [-0.39, 0.29) is 48.8 Å². The van der Waals surface area contributed by atoms with Crippen LogP contribution < -0.4 is 5.32 Å². The smallest absolute Gasteiger partial charge is 0.262 e. The summed E-state index contributed by atoms with van der Waals surface area (Å²) in [6.45, 7) is 0.330. The fourth-order valence-electron chi connectivity index (χ4n) is 3.79. The molecular weight excluding hydrogens is 416 g/mol. The monoisotopic (exact) mass is 439 g/mol. The molecule has 3 N–H and O–H groups in total. The number of aliphatic hydroxyl groups is 2. The third kappa shape index (κ3) is 4.46. The van der Waals surface area contributed by atoms with E-state index in [0.717, 1.165) is 6.07 Å². The Balaban J connectivity index is 1.83. The van der Waals surface area contributed by atoms with Crippen LogP contribution in [0.25, 0.3) is 0 Å². The van der Waals surface area contributed by atoms with Crippen molar-refractivity contribution in [3.63, 3.8) is 0 Å². The SMILES string of the molecule is CN(CCO)C[C@]1(O)CC[C@@](F)(C(=O)NCc2ccc(F)cc2Cl)c2cccnc21. The highest BCUT2D eigenvalue weighted by atomic mass is 35.5. The second kappa shape index (κ2) is 8.93. The molecule has 1 aromatic heterocycles. The molecule has 3 rings (SSSR count). The number of pyridine rings is 1. The molecule has 0 aliphatic heterocycles. The Hall–Kier alpha value is -2.13. The Labute approximate surface area is 178 Å². The Morgan fingerprint density at radius 1 is 1.37 bits per heavy atom. The Bertz CT molecular complexity index is 932. The maximum absolute atomic E-state index is 15.9. The second-order valence-electron chi connectivity index (χ2n) is 7.61. The van der Waals surface area contributed by atoms with Crippen molar-refractivity contribution in [3.8, 4) is 0 Å². The summed E-state index contributed by atoms with van der Waals surface area (Å²) in [5, 5.41) is 22.9. The third-order valence-electron chi connectivity index (χ3n) is 5.39. The van der Waals surface area contributed by atoms with Gasteiger partial charge in [0.15, 0.2) is 0 Å². The van der Waals surface area contributed by atoms with Crippen LogP contribution in [0.1, 0.15) is 29.7 Å². The van der Waals surface area contributed by atoms with Gasteiger partial charge < -0.3 is 20.4 Å². The molecule has 2 atom stereocenters. The van der Waals surface area contributed by atoms with Gasteiger partial charge in [-0.15, -0.1) is 0 Å². The zero-order valence-electron chi connectivity index (χ0n) is 16.5. The summed E-state index contributed by atoms with van der Waals surface area (Å²) in [6, 6.07) is 6.72. The Morgan fingerprint density at radius 3 is 2.83 bits per heavy atom. The van der Waals surface area contributed by atoms with E-state index >= 15 is 4.39 Å². The largest absolute Gasteiger partial charge is 0.395 e. The van der Waals surface area contributed by atoms with Crippen LogP contribution >= 0.6 is 11.6 Å².